The molecule has 0 saturated heterocycles. The van der Waals surface area contributed by atoms with E-state index in [1.807, 2.05) is 13.8 Å². The van der Waals surface area contributed by atoms with E-state index >= 15 is 0 Å². The lowest BCUT2D eigenvalue weighted by Gasteiger charge is -2.18. The van der Waals surface area contributed by atoms with Crippen molar-refractivity contribution in [2.45, 2.75) is 142 Å². The van der Waals surface area contributed by atoms with Crippen LogP contribution in [0.4, 0.5) is 0 Å². The minimum absolute atomic E-state index is 0.195. The molecule has 0 radical (unpaired) electrons. The first-order chi connectivity index (χ1) is 16.5. The molecule has 2 nitrogen and oxygen atoms in total. The molecule has 1 aromatic rings. The molecule has 0 aliphatic heterocycles. The minimum atomic E-state index is -0.347. The Morgan fingerprint density at radius 2 is 1.03 bits per heavy atom. The maximum absolute atomic E-state index is 11.3. The number of hydrogen-bond donors (Lipinski definition) is 0. The molecule has 196 valence electrons. The highest BCUT2D eigenvalue weighted by molar-refractivity contribution is 6.64. The summed E-state index contributed by atoms with van der Waals surface area (Å²) in [7, 11) is 0. The maximum atomic E-state index is 11.3. The molecule has 0 atom stereocenters. The smallest absolute Gasteiger partial charge is 0.227 e. The van der Waals surface area contributed by atoms with Gasteiger partial charge >= 0.3 is 0 Å². The van der Waals surface area contributed by atoms with E-state index in [2.05, 4.69) is 30.3 Å². The lowest BCUT2D eigenvalue weighted by molar-refractivity contribution is -0.119. The van der Waals surface area contributed by atoms with Gasteiger partial charge in [0.2, 0.25) is 5.24 Å². The van der Waals surface area contributed by atoms with Gasteiger partial charge in [-0.2, -0.15) is 0 Å². The van der Waals surface area contributed by atoms with Crippen molar-refractivity contribution in [3.63, 3.8) is 0 Å². The molecule has 0 spiro atoms. The molecule has 1 rings (SSSR count). The van der Waals surface area contributed by atoms with Gasteiger partial charge in [-0.1, -0.05) is 153 Å². The number of halogens is 1. The van der Waals surface area contributed by atoms with Gasteiger partial charge in [0.25, 0.3) is 0 Å². The van der Waals surface area contributed by atoms with Gasteiger partial charge in [-0.3, -0.25) is 4.79 Å². The molecule has 0 aliphatic rings. The van der Waals surface area contributed by atoms with Crippen LogP contribution < -0.4 is 0 Å². The second-order valence-corrected chi connectivity index (χ2v) is 11.2. The monoisotopic (exact) mass is 492 g/mol. The Hall–Kier alpha value is -0.860. The van der Waals surface area contributed by atoms with Crippen molar-refractivity contribution >= 4 is 16.8 Å². The predicted octanol–water partition coefficient (Wildman–Crippen LogP) is 10.4. The summed E-state index contributed by atoms with van der Waals surface area (Å²) in [6.07, 6.45) is 25.3. The van der Waals surface area contributed by atoms with Crippen LogP contribution in [0.25, 0.3) is 0 Å². The van der Waals surface area contributed by atoms with E-state index < -0.39 is 0 Å². The largest absolute Gasteiger partial charge is 0.377 e. The second-order valence-electron chi connectivity index (χ2n) is 10.8. The van der Waals surface area contributed by atoms with Crippen LogP contribution in [0.3, 0.4) is 0 Å². The van der Waals surface area contributed by atoms with E-state index in [1.54, 1.807) is 0 Å². The standard InChI is InChI=1S/C31H53ClO2/c1-31(2,30(32)33)26-22-17-15-13-11-9-7-5-3-4-6-8-10-12-14-16-18-23-27-34-28-29-24-20-19-21-25-29/h19-21,24-25H,3-18,22-23,26-28H2,1-2H3. The number of rotatable bonds is 24. The third-order valence-electron chi connectivity index (χ3n) is 6.98. The Bertz CT molecular complexity index is 584. The number of carbonyl (C=O) groups excluding carboxylic acids is 1. The van der Waals surface area contributed by atoms with Gasteiger partial charge < -0.3 is 4.74 Å². The van der Waals surface area contributed by atoms with Crippen molar-refractivity contribution in [3.05, 3.63) is 35.9 Å². The fraction of sp³-hybridized carbons (Fsp3) is 0.774. The topological polar surface area (TPSA) is 26.3 Å². The van der Waals surface area contributed by atoms with E-state index in [4.69, 9.17) is 16.3 Å². The van der Waals surface area contributed by atoms with Crippen LogP contribution in [0.1, 0.15) is 141 Å². The summed E-state index contributed by atoms with van der Waals surface area (Å²) in [5.41, 5.74) is 0.924. The highest BCUT2D eigenvalue weighted by Crippen LogP contribution is 2.26. The second kappa shape index (κ2) is 21.4. The normalized spacial score (nSPS) is 11.7. The molecular formula is C31H53ClO2. The van der Waals surface area contributed by atoms with Crippen molar-refractivity contribution in [1.29, 1.82) is 0 Å². The van der Waals surface area contributed by atoms with Gasteiger partial charge in [-0.25, -0.2) is 0 Å². The van der Waals surface area contributed by atoms with Crippen molar-refractivity contribution in [3.8, 4) is 0 Å². The molecule has 0 unspecified atom stereocenters. The number of unbranched alkanes of at least 4 members (excludes halogenated alkanes) is 17. The van der Waals surface area contributed by atoms with Gasteiger partial charge in [-0.05, 0) is 30.0 Å². The van der Waals surface area contributed by atoms with Crippen molar-refractivity contribution < 1.29 is 9.53 Å². The van der Waals surface area contributed by atoms with Gasteiger partial charge in [0.1, 0.15) is 0 Å². The van der Waals surface area contributed by atoms with Crippen LogP contribution in [-0.2, 0) is 16.1 Å². The number of carbonyl (C=O) groups is 1. The van der Waals surface area contributed by atoms with Crippen LogP contribution in [0.15, 0.2) is 30.3 Å². The van der Waals surface area contributed by atoms with Gasteiger partial charge in [0.05, 0.1) is 6.61 Å². The summed E-state index contributed by atoms with van der Waals surface area (Å²) in [5, 5.41) is -0.195. The number of ether oxygens (including phenoxy) is 1. The summed E-state index contributed by atoms with van der Waals surface area (Å²) in [5.74, 6) is 0. The van der Waals surface area contributed by atoms with Crippen LogP contribution in [0, 0.1) is 5.41 Å². The first-order valence-electron chi connectivity index (χ1n) is 14.3. The Kier molecular flexibility index (Phi) is 19.6. The van der Waals surface area contributed by atoms with Crippen LogP contribution >= 0.6 is 11.6 Å². The molecule has 34 heavy (non-hydrogen) atoms. The fourth-order valence-corrected chi connectivity index (χ4v) is 4.56. The molecule has 0 aromatic heterocycles. The highest BCUT2D eigenvalue weighted by atomic mass is 35.5. The SMILES string of the molecule is CC(C)(CCCCCCCCCCCCCCCCCCCCOCc1ccccc1)C(=O)Cl. The fourth-order valence-electron chi connectivity index (χ4n) is 4.46. The Morgan fingerprint density at radius 1 is 0.647 bits per heavy atom. The Morgan fingerprint density at radius 3 is 1.44 bits per heavy atom. The molecule has 0 saturated carbocycles. The van der Waals surface area contributed by atoms with E-state index in [0.717, 1.165) is 26.1 Å². The van der Waals surface area contributed by atoms with E-state index in [-0.39, 0.29) is 10.7 Å². The van der Waals surface area contributed by atoms with Gasteiger partial charge in [0.15, 0.2) is 0 Å². The number of benzene rings is 1. The molecule has 0 fully saturated rings. The lowest BCUT2D eigenvalue weighted by atomic mass is 9.88. The van der Waals surface area contributed by atoms with Crippen LogP contribution in [0.5, 0.6) is 0 Å². The van der Waals surface area contributed by atoms with Crippen molar-refractivity contribution in [2.24, 2.45) is 5.41 Å². The molecule has 0 aliphatic carbocycles. The van der Waals surface area contributed by atoms with Crippen molar-refractivity contribution in [1.82, 2.24) is 0 Å². The zero-order valence-corrected chi connectivity index (χ0v) is 23.2. The average molecular weight is 493 g/mol. The molecule has 0 heterocycles. The van der Waals surface area contributed by atoms with E-state index in [1.165, 1.54) is 115 Å². The Labute approximate surface area is 216 Å². The third kappa shape index (κ3) is 18.5. The number of hydrogen-bond acceptors (Lipinski definition) is 2. The summed E-state index contributed by atoms with van der Waals surface area (Å²) < 4.78 is 5.76. The lowest BCUT2D eigenvalue weighted by Crippen LogP contribution is -2.18. The summed E-state index contributed by atoms with van der Waals surface area (Å²) in [6, 6.07) is 10.4. The van der Waals surface area contributed by atoms with Crippen LogP contribution in [0.2, 0.25) is 0 Å². The van der Waals surface area contributed by atoms with Crippen molar-refractivity contribution in [2.75, 3.05) is 6.61 Å². The zero-order chi connectivity index (χ0) is 24.7. The molecule has 0 N–H and O–H groups in total. The first-order valence-corrected chi connectivity index (χ1v) is 14.7. The van der Waals surface area contributed by atoms with E-state index in [9.17, 15) is 4.79 Å². The molecular weight excluding hydrogens is 440 g/mol. The maximum Gasteiger partial charge on any atom is 0.227 e. The molecule has 0 amide bonds. The molecule has 1 aromatic carbocycles. The summed E-state index contributed by atoms with van der Waals surface area (Å²) in [4.78, 5) is 11.3. The molecule has 0 bridgehead atoms. The van der Waals surface area contributed by atoms with Gasteiger partial charge in [0, 0.05) is 12.0 Å². The average Bonchev–Trinajstić information content (AvgIpc) is 2.82. The van der Waals surface area contributed by atoms with Crippen LogP contribution in [-0.4, -0.2) is 11.8 Å². The van der Waals surface area contributed by atoms with Gasteiger partial charge in [-0.15, -0.1) is 0 Å². The Balaban J connectivity index is 1.69. The third-order valence-corrected chi connectivity index (χ3v) is 7.50. The summed E-state index contributed by atoms with van der Waals surface area (Å²) in [6.45, 7) is 5.55. The zero-order valence-electron chi connectivity index (χ0n) is 22.4. The summed E-state index contributed by atoms with van der Waals surface area (Å²) >= 11 is 5.64. The quantitative estimate of drug-likeness (QED) is 0.106. The minimum Gasteiger partial charge on any atom is -0.377 e. The van der Waals surface area contributed by atoms with E-state index in [0.29, 0.717) is 0 Å². The first kappa shape index (κ1) is 31.2. The molecule has 3 heteroatoms. The highest BCUT2D eigenvalue weighted by Gasteiger charge is 2.24. The predicted molar refractivity (Wildman–Crippen MR) is 148 cm³/mol.